The van der Waals surface area contributed by atoms with Crippen LogP contribution in [0.3, 0.4) is 0 Å². The molecule has 14 heavy (non-hydrogen) atoms. The van der Waals surface area contributed by atoms with Gasteiger partial charge in [0.05, 0.1) is 17.6 Å². The first-order chi connectivity index (χ1) is 6.77. The van der Waals surface area contributed by atoms with Crippen LogP contribution in [0.2, 0.25) is 0 Å². The molecule has 1 aliphatic rings. The Bertz CT molecular complexity index is 313. The average molecular weight is 212 g/mol. The van der Waals surface area contributed by atoms with Crippen molar-refractivity contribution >= 4 is 22.3 Å². The van der Waals surface area contributed by atoms with Gasteiger partial charge >= 0.3 is 5.97 Å². The van der Waals surface area contributed by atoms with Gasteiger partial charge in [-0.15, -0.1) is 11.3 Å². The van der Waals surface area contributed by atoms with Crippen molar-refractivity contribution in [2.45, 2.75) is 12.8 Å². The van der Waals surface area contributed by atoms with Crippen LogP contribution in [0.1, 0.15) is 12.8 Å². The molecule has 4 nitrogen and oxygen atoms in total. The Morgan fingerprint density at radius 1 is 1.71 bits per heavy atom. The van der Waals surface area contributed by atoms with Crippen molar-refractivity contribution in [2.24, 2.45) is 5.92 Å². The molecule has 0 saturated carbocycles. The Balaban J connectivity index is 2.04. The topological polar surface area (TPSA) is 53.4 Å². The second-order valence-electron chi connectivity index (χ2n) is 3.46. The summed E-state index contributed by atoms with van der Waals surface area (Å²) in [4.78, 5) is 16.9. The van der Waals surface area contributed by atoms with E-state index in [1.807, 2.05) is 0 Å². The molecule has 0 bridgehead atoms. The molecule has 2 heterocycles. The Morgan fingerprint density at radius 2 is 2.57 bits per heavy atom. The summed E-state index contributed by atoms with van der Waals surface area (Å²) in [5, 5.41) is 9.99. The maximum absolute atomic E-state index is 10.8. The largest absolute Gasteiger partial charge is 0.481 e. The number of thiazole rings is 1. The maximum Gasteiger partial charge on any atom is 0.308 e. The SMILES string of the molecule is O=C(O)C1CCCN(c2cncs2)C1. The highest BCUT2D eigenvalue weighted by atomic mass is 32.1. The summed E-state index contributed by atoms with van der Waals surface area (Å²) >= 11 is 1.57. The van der Waals surface area contributed by atoms with Crippen molar-refractivity contribution in [3.8, 4) is 0 Å². The van der Waals surface area contributed by atoms with Gasteiger partial charge < -0.3 is 10.0 Å². The van der Waals surface area contributed by atoms with E-state index in [1.165, 1.54) is 0 Å². The van der Waals surface area contributed by atoms with E-state index in [1.54, 1.807) is 23.0 Å². The van der Waals surface area contributed by atoms with Gasteiger partial charge in [-0.25, -0.2) is 0 Å². The van der Waals surface area contributed by atoms with Crippen LogP contribution in [-0.4, -0.2) is 29.1 Å². The molecule has 1 saturated heterocycles. The molecule has 76 valence electrons. The summed E-state index contributed by atoms with van der Waals surface area (Å²) in [6, 6.07) is 0. The lowest BCUT2D eigenvalue weighted by atomic mass is 9.99. The van der Waals surface area contributed by atoms with E-state index >= 15 is 0 Å². The van der Waals surface area contributed by atoms with Gasteiger partial charge in [-0.05, 0) is 12.8 Å². The van der Waals surface area contributed by atoms with Crippen LogP contribution in [0.4, 0.5) is 5.00 Å². The second kappa shape index (κ2) is 3.96. The predicted molar refractivity (Wildman–Crippen MR) is 54.7 cm³/mol. The molecular formula is C9H12N2O2S. The zero-order valence-electron chi connectivity index (χ0n) is 7.72. The molecule has 0 aromatic carbocycles. The van der Waals surface area contributed by atoms with Crippen LogP contribution >= 0.6 is 11.3 Å². The molecule has 1 aliphatic heterocycles. The normalized spacial score (nSPS) is 22.3. The number of aliphatic carboxylic acids is 1. The van der Waals surface area contributed by atoms with Gasteiger partial charge in [-0.3, -0.25) is 9.78 Å². The minimum absolute atomic E-state index is 0.217. The third-order valence-corrected chi connectivity index (χ3v) is 3.33. The van der Waals surface area contributed by atoms with Crippen molar-refractivity contribution in [2.75, 3.05) is 18.0 Å². The molecule has 1 aromatic heterocycles. The number of hydrogen-bond acceptors (Lipinski definition) is 4. The van der Waals surface area contributed by atoms with Crippen LogP contribution in [0, 0.1) is 5.92 Å². The Labute approximate surface area is 86.2 Å². The molecule has 1 aromatic rings. The number of carboxylic acids is 1. The van der Waals surface area contributed by atoms with Crippen molar-refractivity contribution < 1.29 is 9.90 Å². The number of aromatic nitrogens is 1. The fraction of sp³-hybridized carbons (Fsp3) is 0.556. The first-order valence-electron chi connectivity index (χ1n) is 4.63. The highest BCUT2D eigenvalue weighted by Crippen LogP contribution is 2.25. The van der Waals surface area contributed by atoms with Crippen molar-refractivity contribution in [1.29, 1.82) is 0 Å². The van der Waals surface area contributed by atoms with Crippen molar-refractivity contribution in [3.05, 3.63) is 11.7 Å². The molecule has 0 amide bonds. The molecule has 1 N–H and O–H groups in total. The maximum atomic E-state index is 10.8. The lowest BCUT2D eigenvalue weighted by Gasteiger charge is -2.30. The molecule has 1 unspecified atom stereocenters. The number of rotatable bonds is 2. The summed E-state index contributed by atoms with van der Waals surface area (Å²) in [6.07, 6.45) is 3.55. The number of carbonyl (C=O) groups is 1. The summed E-state index contributed by atoms with van der Waals surface area (Å²) in [6.45, 7) is 1.57. The zero-order valence-corrected chi connectivity index (χ0v) is 8.54. The summed E-state index contributed by atoms with van der Waals surface area (Å²) in [5.41, 5.74) is 1.78. The fourth-order valence-electron chi connectivity index (χ4n) is 1.74. The third kappa shape index (κ3) is 1.87. The summed E-state index contributed by atoms with van der Waals surface area (Å²) in [5.74, 6) is -0.898. The molecule has 2 rings (SSSR count). The van der Waals surface area contributed by atoms with Crippen LogP contribution in [-0.2, 0) is 4.79 Å². The second-order valence-corrected chi connectivity index (χ2v) is 4.33. The number of nitrogens with zero attached hydrogens (tertiary/aromatic N) is 2. The molecule has 1 fully saturated rings. The van der Waals surface area contributed by atoms with Crippen LogP contribution < -0.4 is 4.90 Å². The van der Waals surface area contributed by atoms with E-state index in [9.17, 15) is 4.79 Å². The molecule has 0 radical (unpaired) electrons. The van der Waals surface area contributed by atoms with Gasteiger partial charge in [-0.2, -0.15) is 0 Å². The van der Waals surface area contributed by atoms with Gasteiger partial charge in [0.2, 0.25) is 0 Å². The summed E-state index contributed by atoms with van der Waals surface area (Å²) < 4.78 is 0. The van der Waals surface area contributed by atoms with Gasteiger partial charge in [0.1, 0.15) is 5.00 Å². The number of anilines is 1. The Kier molecular flexibility index (Phi) is 2.67. The highest BCUT2D eigenvalue weighted by Gasteiger charge is 2.25. The monoisotopic (exact) mass is 212 g/mol. The fourth-order valence-corrected chi connectivity index (χ4v) is 2.41. The van der Waals surface area contributed by atoms with E-state index in [2.05, 4.69) is 9.88 Å². The van der Waals surface area contributed by atoms with Gasteiger partial charge in [0.15, 0.2) is 0 Å². The van der Waals surface area contributed by atoms with Crippen molar-refractivity contribution in [1.82, 2.24) is 4.98 Å². The quantitative estimate of drug-likeness (QED) is 0.806. The molecule has 1 atom stereocenters. The van der Waals surface area contributed by atoms with Crippen molar-refractivity contribution in [3.63, 3.8) is 0 Å². The Morgan fingerprint density at radius 3 is 3.21 bits per heavy atom. The minimum Gasteiger partial charge on any atom is -0.481 e. The van der Waals surface area contributed by atoms with E-state index in [0.29, 0.717) is 6.54 Å². The standard InChI is InChI=1S/C9H12N2O2S/c12-9(13)7-2-1-3-11(5-7)8-4-10-6-14-8/h4,6-7H,1-3,5H2,(H,12,13). The number of hydrogen-bond donors (Lipinski definition) is 1. The average Bonchev–Trinajstić information content (AvgIpc) is 2.71. The van der Waals surface area contributed by atoms with Crippen LogP contribution in [0.15, 0.2) is 11.7 Å². The zero-order chi connectivity index (χ0) is 9.97. The lowest BCUT2D eigenvalue weighted by Crippen LogP contribution is -2.38. The van der Waals surface area contributed by atoms with Gasteiger partial charge in [-0.1, -0.05) is 0 Å². The van der Waals surface area contributed by atoms with E-state index in [0.717, 1.165) is 24.4 Å². The number of carboxylic acid groups (broad SMARTS) is 1. The smallest absolute Gasteiger partial charge is 0.308 e. The molecular weight excluding hydrogens is 200 g/mol. The summed E-state index contributed by atoms with van der Waals surface area (Å²) in [7, 11) is 0. The lowest BCUT2D eigenvalue weighted by molar-refractivity contribution is -0.141. The molecule has 5 heteroatoms. The predicted octanol–water partition coefficient (Wildman–Crippen LogP) is 1.44. The van der Waals surface area contributed by atoms with Gasteiger partial charge in [0.25, 0.3) is 0 Å². The third-order valence-electron chi connectivity index (χ3n) is 2.50. The first-order valence-corrected chi connectivity index (χ1v) is 5.51. The first kappa shape index (κ1) is 9.45. The van der Waals surface area contributed by atoms with E-state index in [4.69, 9.17) is 5.11 Å². The molecule has 0 spiro atoms. The Hall–Kier alpha value is -1.10. The van der Waals surface area contributed by atoms with E-state index in [-0.39, 0.29) is 5.92 Å². The number of piperidine rings is 1. The van der Waals surface area contributed by atoms with Gasteiger partial charge in [0, 0.05) is 13.1 Å². The highest BCUT2D eigenvalue weighted by molar-refractivity contribution is 7.13. The van der Waals surface area contributed by atoms with E-state index < -0.39 is 5.97 Å². The minimum atomic E-state index is -0.681. The van der Waals surface area contributed by atoms with Crippen LogP contribution in [0.25, 0.3) is 0 Å². The molecule has 0 aliphatic carbocycles. The van der Waals surface area contributed by atoms with Crippen LogP contribution in [0.5, 0.6) is 0 Å².